The van der Waals surface area contributed by atoms with Crippen molar-refractivity contribution >= 4 is 11.6 Å². The Balaban J connectivity index is 2.18. The lowest BCUT2D eigenvalue weighted by Gasteiger charge is -2.34. The fraction of sp³-hybridized carbons (Fsp3) is 0.533. The molecule has 3 N–H and O–H groups in total. The van der Waals surface area contributed by atoms with Gasteiger partial charge in [-0.1, -0.05) is 6.07 Å². The molecule has 0 aliphatic carbocycles. The van der Waals surface area contributed by atoms with Crippen molar-refractivity contribution in [3.05, 3.63) is 28.8 Å². The van der Waals surface area contributed by atoms with Crippen LogP contribution in [0, 0.1) is 13.8 Å². The number of nitrogens with two attached hydrogens (primary N) is 1. The van der Waals surface area contributed by atoms with Gasteiger partial charge in [0.1, 0.15) is 0 Å². The summed E-state index contributed by atoms with van der Waals surface area (Å²) in [6.45, 7) is 7.36. The van der Waals surface area contributed by atoms with Gasteiger partial charge in [-0.15, -0.1) is 0 Å². The molecule has 0 saturated carbocycles. The van der Waals surface area contributed by atoms with E-state index < -0.39 is 0 Å². The normalized spacial score (nSPS) is 18.1. The van der Waals surface area contributed by atoms with Gasteiger partial charge in [-0.2, -0.15) is 0 Å². The number of benzene rings is 1. The van der Waals surface area contributed by atoms with E-state index in [0.29, 0.717) is 24.5 Å². The topological polar surface area (TPSA) is 64.3 Å². The average Bonchev–Trinajstić information content (AvgIpc) is 2.34. The third-order valence-electron chi connectivity index (χ3n) is 3.87. The summed E-state index contributed by atoms with van der Waals surface area (Å²) < 4.78 is 5.34. The SMILES string of the molecule is Cc1cc(C)c(C(=O)NC2(C)CCOCC2)cc1N. The number of ether oxygens (including phenoxy) is 1. The van der Waals surface area contributed by atoms with Crippen LogP contribution >= 0.6 is 0 Å². The first-order chi connectivity index (χ1) is 8.91. The van der Waals surface area contributed by atoms with Crippen molar-refractivity contribution in [2.45, 2.75) is 39.2 Å². The smallest absolute Gasteiger partial charge is 0.252 e. The first kappa shape index (κ1) is 13.9. The summed E-state index contributed by atoms with van der Waals surface area (Å²) in [5, 5.41) is 3.12. The van der Waals surface area contributed by atoms with Gasteiger partial charge >= 0.3 is 0 Å². The summed E-state index contributed by atoms with van der Waals surface area (Å²) in [5.74, 6) is -0.0476. The van der Waals surface area contributed by atoms with Gasteiger partial charge in [0.05, 0.1) is 0 Å². The molecule has 1 aliphatic rings. The number of hydrogen-bond donors (Lipinski definition) is 2. The molecule has 4 heteroatoms. The zero-order valence-electron chi connectivity index (χ0n) is 11.9. The summed E-state index contributed by atoms with van der Waals surface area (Å²) in [7, 11) is 0. The Morgan fingerprint density at radius 1 is 1.26 bits per heavy atom. The second-order valence-corrected chi connectivity index (χ2v) is 5.65. The molecule has 0 bridgehead atoms. The quantitative estimate of drug-likeness (QED) is 0.803. The molecule has 2 rings (SSSR count). The molecule has 1 heterocycles. The van der Waals surface area contributed by atoms with Crippen LogP contribution in [0.5, 0.6) is 0 Å². The maximum atomic E-state index is 12.4. The van der Waals surface area contributed by atoms with Crippen LogP contribution < -0.4 is 11.1 Å². The van der Waals surface area contributed by atoms with Gasteiger partial charge in [0, 0.05) is 30.0 Å². The summed E-state index contributed by atoms with van der Waals surface area (Å²) in [6.07, 6.45) is 1.69. The Morgan fingerprint density at radius 3 is 2.53 bits per heavy atom. The molecule has 0 aromatic heterocycles. The van der Waals surface area contributed by atoms with Crippen LogP contribution in [0.25, 0.3) is 0 Å². The third kappa shape index (κ3) is 3.07. The van der Waals surface area contributed by atoms with Gasteiger partial charge in [0.25, 0.3) is 5.91 Å². The molecule has 1 aliphatic heterocycles. The Hall–Kier alpha value is -1.55. The Bertz CT molecular complexity index is 491. The van der Waals surface area contributed by atoms with Crippen molar-refractivity contribution in [3.63, 3.8) is 0 Å². The molecule has 1 aromatic rings. The minimum absolute atomic E-state index is 0.0476. The maximum Gasteiger partial charge on any atom is 0.252 e. The molecule has 1 saturated heterocycles. The van der Waals surface area contributed by atoms with E-state index in [1.807, 2.05) is 19.9 Å². The highest BCUT2D eigenvalue weighted by atomic mass is 16.5. The summed E-state index contributed by atoms with van der Waals surface area (Å²) in [4.78, 5) is 12.4. The van der Waals surface area contributed by atoms with Gasteiger partial charge < -0.3 is 15.8 Å². The van der Waals surface area contributed by atoms with Crippen LogP contribution in [-0.4, -0.2) is 24.7 Å². The van der Waals surface area contributed by atoms with Crippen molar-refractivity contribution in [3.8, 4) is 0 Å². The van der Waals surface area contributed by atoms with Crippen molar-refractivity contribution in [1.29, 1.82) is 0 Å². The first-order valence-corrected chi connectivity index (χ1v) is 6.68. The van der Waals surface area contributed by atoms with Gasteiger partial charge in [-0.25, -0.2) is 0 Å². The van der Waals surface area contributed by atoms with E-state index in [1.165, 1.54) is 0 Å². The van der Waals surface area contributed by atoms with Crippen LogP contribution in [0.4, 0.5) is 5.69 Å². The second-order valence-electron chi connectivity index (χ2n) is 5.65. The van der Waals surface area contributed by atoms with Crippen LogP contribution in [0.2, 0.25) is 0 Å². The number of carbonyl (C=O) groups is 1. The van der Waals surface area contributed by atoms with Crippen LogP contribution in [0.1, 0.15) is 41.3 Å². The third-order valence-corrected chi connectivity index (χ3v) is 3.87. The molecule has 0 unspecified atom stereocenters. The standard InChI is InChI=1S/C15H22N2O2/c1-10-8-11(2)13(16)9-12(10)14(18)17-15(3)4-6-19-7-5-15/h8-9H,4-7,16H2,1-3H3,(H,17,18). The largest absolute Gasteiger partial charge is 0.398 e. The maximum absolute atomic E-state index is 12.4. The van der Waals surface area contributed by atoms with E-state index in [2.05, 4.69) is 12.2 Å². The lowest BCUT2D eigenvalue weighted by Crippen LogP contribution is -2.49. The fourth-order valence-corrected chi connectivity index (χ4v) is 2.40. The Kier molecular flexibility index (Phi) is 3.80. The molecule has 19 heavy (non-hydrogen) atoms. The van der Waals surface area contributed by atoms with E-state index in [9.17, 15) is 4.79 Å². The number of hydrogen-bond acceptors (Lipinski definition) is 3. The number of aryl methyl sites for hydroxylation is 2. The van der Waals surface area contributed by atoms with Crippen molar-refractivity contribution in [1.82, 2.24) is 5.32 Å². The Morgan fingerprint density at radius 2 is 1.89 bits per heavy atom. The predicted molar refractivity (Wildman–Crippen MR) is 76.3 cm³/mol. The van der Waals surface area contributed by atoms with Crippen molar-refractivity contribution < 1.29 is 9.53 Å². The minimum atomic E-state index is -0.179. The summed E-state index contributed by atoms with van der Waals surface area (Å²) in [6, 6.07) is 3.72. The number of nitrogen functional groups attached to an aromatic ring is 1. The molecular formula is C15H22N2O2. The number of carbonyl (C=O) groups excluding carboxylic acids is 1. The van der Waals surface area contributed by atoms with E-state index >= 15 is 0 Å². The zero-order chi connectivity index (χ0) is 14.0. The molecule has 0 spiro atoms. The summed E-state index contributed by atoms with van der Waals surface area (Å²) >= 11 is 0. The first-order valence-electron chi connectivity index (χ1n) is 6.68. The van der Waals surface area contributed by atoms with Gasteiger partial charge in [-0.05, 0) is 50.8 Å². The van der Waals surface area contributed by atoms with Crippen LogP contribution in [0.3, 0.4) is 0 Å². The number of nitrogens with one attached hydrogen (secondary N) is 1. The molecule has 1 amide bonds. The average molecular weight is 262 g/mol. The lowest BCUT2D eigenvalue weighted by molar-refractivity contribution is 0.0422. The van der Waals surface area contributed by atoms with Crippen LogP contribution in [0.15, 0.2) is 12.1 Å². The van der Waals surface area contributed by atoms with Gasteiger partial charge in [0.15, 0.2) is 0 Å². The van der Waals surface area contributed by atoms with Gasteiger partial charge in [0.2, 0.25) is 0 Å². The van der Waals surface area contributed by atoms with E-state index in [0.717, 1.165) is 24.0 Å². The van der Waals surface area contributed by atoms with Crippen LogP contribution in [-0.2, 0) is 4.74 Å². The molecule has 4 nitrogen and oxygen atoms in total. The molecule has 1 fully saturated rings. The highest BCUT2D eigenvalue weighted by Crippen LogP contribution is 2.22. The fourth-order valence-electron chi connectivity index (χ4n) is 2.40. The molecule has 0 radical (unpaired) electrons. The molecule has 104 valence electrons. The van der Waals surface area contributed by atoms with E-state index in [-0.39, 0.29) is 11.4 Å². The molecule has 1 aromatic carbocycles. The highest BCUT2D eigenvalue weighted by molar-refractivity contribution is 5.97. The minimum Gasteiger partial charge on any atom is -0.398 e. The highest BCUT2D eigenvalue weighted by Gasteiger charge is 2.29. The van der Waals surface area contributed by atoms with Crippen molar-refractivity contribution in [2.24, 2.45) is 0 Å². The molecule has 0 atom stereocenters. The number of rotatable bonds is 2. The van der Waals surface area contributed by atoms with E-state index in [1.54, 1.807) is 6.07 Å². The van der Waals surface area contributed by atoms with Crippen molar-refractivity contribution in [2.75, 3.05) is 18.9 Å². The predicted octanol–water partition coefficient (Wildman–Crippen LogP) is 2.18. The second kappa shape index (κ2) is 5.21. The zero-order valence-corrected chi connectivity index (χ0v) is 11.9. The summed E-state index contributed by atoms with van der Waals surface area (Å²) in [5.41, 5.74) is 9.00. The lowest BCUT2D eigenvalue weighted by atomic mass is 9.91. The number of amides is 1. The monoisotopic (exact) mass is 262 g/mol. The Labute approximate surface area is 114 Å². The van der Waals surface area contributed by atoms with Gasteiger partial charge in [-0.3, -0.25) is 4.79 Å². The van der Waals surface area contributed by atoms with E-state index in [4.69, 9.17) is 10.5 Å². The number of anilines is 1. The molecular weight excluding hydrogens is 240 g/mol.